The molecule has 0 amide bonds. The number of ether oxygens (including phenoxy) is 2. The molecule has 0 aliphatic carbocycles. The van der Waals surface area contributed by atoms with Crippen molar-refractivity contribution in [2.24, 2.45) is 11.5 Å². The van der Waals surface area contributed by atoms with Crippen LogP contribution in [-0.4, -0.2) is 47.9 Å². The number of carboxylic acid groups (broad SMARTS) is 2. The van der Waals surface area contributed by atoms with Gasteiger partial charge in [-0.05, 0) is 12.8 Å². The van der Waals surface area contributed by atoms with Crippen molar-refractivity contribution < 1.29 is 151 Å². The van der Waals surface area contributed by atoms with E-state index >= 15 is 0 Å². The Labute approximate surface area is 335 Å². The second-order valence-electron chi connectivity index (χ2n) is 9.69. The average molecular weight is 651 g/mol. The Kier molecular flexibility index (Phi) is 40.2. The van der Waals surface area contributed by atoms with E-state index in [1.807, 2.05) is 0 Å². The van der Waals surface area contributed by atoms with Crippen LogP contribution in [0.3, 0.4) is 0 Å². The molecule has 0 spiro atoms. The number of unbranched alkanes of at least 4 members (excludes halogenated alkanes) is 12. The molecule has 0 aromatic carbocycles. The number of esters is 4. The van der Waals surface area contributed by atoms with E-state index in [0.717, 1.165) is 38.5 Å². The molecule has 0 heterocycles. The Morgan fingerprint density at radius 2 is 0.786 bits per heavy atom. The molecular formula is C28H48K2N2O10. The van der Waals surface area contributed by atoms with Crippen LogP contribution in [0.25, 0.3) is 0 Å². The molecule has 0 bridgehead atoms. The largest absolute Gasteiger partial charge is 1.00 e. The van der Waals surface area contributed by atoms with Crippen LogP contribution < -0.4 is 124 Å². The van der Waals surface area contributed by atoms with Gasteiger partial charge in [0.2, 0.25) is 0 Å². The van der Waals surface area contributed by atoms with E-state index in [1.165, 1.54) is 38.5 Å². The molecular weight excluding hydrogens is 603 g/mol. The molecule has 0 aliphatic rings. The predicted octanol–water partition coefficient (Wildman–Crippen LogP) is -4.66. The summed E-state index contributed by atoms with van der Waals surface area (Å²) in [5.41, 5.74) is 10.5. The van der Waals surface area contributed by atoms with Crippen molar-refractivity contribution in [2.45, 2.75) is 142 Å². The van der Waals surface area contributed by atoms with Crippen LogP contribution >= 0.6 is 0 Å². The van der Waals surface area contributed by atoms with E-state index in [9.17, 15) is 39.0 Å². The van der Waals surface area contributed by atoms with Crippen LogP contribution in [0.4, 0.5) is 0 Å². The molecule has 0 aromatic heterocycles. The number of hydrogen-bond acceptors (Lipinski definition) is 12. The van der Waals surface area contributed by atoms with Crippen LogP contribution in [0.1, 0.15) is 129 Å². The average Bonchev–Trinajstić information content (AvgIpc) is 2.87. The summed E-state index contributed by atoms with van der Waals surface area (Å²) in [6.45, 7) is 4.30. The van der Waals surface area contributed by atoms with Crippen molar-refractivity contribution in [2.75, 3.05) is 0 Å². The minimum Gasteiger partial charge on any atom is -0.550 e. The van der Waals surface area contributed by atoms with Crippen molar-refractivity contribution in [3.63, 3.8) is 0 Å². The van der Waals surface area contributed by atoms with Crippen molar-refractivity contribution in [1.82, 2.24) is 0 Å². The first-order valence-electron chi connectivity index (χ1n) is 14.3. The SMILES string of the molecule is CCCCCCCCCC(=O)OC(=O)[C@@H](N)CC(=O)[O-].CCCCCCCCCC(=O)OC(=O)[C@@H](N)CC(=O)[O-].[K+].[K+]. The molecule has 0 aliphatic heterocycles. The van der Waals surface area contributed by atoms with Gasteiger partial charge in [-0.1, -0.05) is 90.9 Å². The number of carboxylic acids is 2. The molecule has 12 nitrogen and oxygen atoms in total. The van der Waals surface area contributed by atoms with E-state index in [-0.39, 0.29) is 116 Å². The van der Waals surface area contributed by atoms with Gasteiger partial charge >= 0.3 is 127 Å². The molecule has 0 aromatic rings. The number of carbonyl (C=O) groups is 6. The minimum atomic E-state index is -1.45. The van der Waals surface area contributed by atoms with Gasteiger partial charge in [0.15, 0.2) is 0 Å². The topological polar surface area (TPSA) is 219 Å². The summed E-state index contributed by atoms with van der Waals surface area (Å²) in [6, 6.07) is -2.70. The molecule has 0 rings (SSSR count). The van der Waals surface area contributed by atoms with Gasteiger partial charge in [0, 0.05) is 37.6 Å². The molecule has 232 valence electrons. The summed E-state index contributed by atoms with van der Waals surface area (Å²) < 4.78 is 8.93. The Bertz CT molecular complexity index is 707. The first-order valence-corrected chi connectivity index (χ1v) is 14.3. The number of carbonyl (C=O) groups excluding carboxylic acids is 6. The third-order valence-corrected chi connectivity index (χ3v) is 5.78. The second kappa shape index (κ2) is 34.3. The van der Waals surface area contributed by atoms with Crippen molar-refractivity contribution in [3.8, 4) is 0 Å². The maximum absolute atomic E-state index is 11.3. The molecule has 4 N–H and O–H groups in total. The maximum Gasteiger partial charge on any atom is 1.00 e. The van der Waals surface area contributed by atoms with E-state index in [1.54, 1.807) is 0 Å². The maximum atomic E-state index is 11.3. The van der Waals surface area contributed by atoms with Gasteiger partial charge in [0.25, 0.3) is 0 Å². The Balaban J connectivity index is -0.000000328. The third kappa shape index (κ3) is 34.9. The van der Waals surface area contributed by atoms with Crippen molar-refractivity contribution in [3.05, 3.63) is 0 Å². The molecule has 0 unspecified atom stereocenters. The number of nitrogens with two attached hydrogens (primary N) is 2. The predicted molar refractivity (Wildman–Crippen MR) is 143 cm³/mol. The van der Waals surface area contributed by atoms with Crippen LogP contribution in [0.2, 0.25) is 0 Å². The number of rotatable bonds is 22. The quantitative estimate of drug-likeness (QED) is 0.0489. The van der Waals surface area contributed by atoms with Crippen LogP contribution in [0.15, 0.2) is 0 Å². The zero-order valence-corrected chi connectivity index (χ0v) is 32.4. The first-order chi connectivity index (χ1) is 18.9. The fourth-order valence-electron chi connectivity index (χ4n) is 3.46. The van der Waals surface area contributed by atoms with Gasteiger partial charge in [-0.15, -0.1) is 0 Å². The summed E-state index contributed by atoms with van der Waals surface area (Å²) >= 11 is 0. The third-order valence-electron chi connectivity index (χ3n) is 5.78. The van der Waals surface area contributed by atoms with E-state index in [4.69, 9.17) is 11.5 Å². The normalized spacial score (nSPS) is 11.3. The standard InChI is InChI=1S/2C14H25NO5.2K/c2*1-2-3-4-5-6-7-8-9-13(18)20-14(19)11(15)10-12(16)17;;/h2*11H,2-10,15H2,1H3,(H,16,17);;/q;;2*+1/p-2/t2*11-;;/m00../s1. The molecule has 0 saturated carbocycles. The van der Waals surface area contributed by atoms with E-state index < -0.39 is 60.7 Å². The molecule has 2 atom stereocenters. The molecule has 42 heavy (non-hydrogen) atoms. The van der Waals surface area contributed by atoms with Crippen LogP contribution in [0, 0.1) is 0 Å². The van der Waals surface area contributed by atoms with Crippen LogP contribution in [0.5, 0.6) is 0 Å². The van der Waals surface area contributed by atoms with E-state index in [0.29, 0.717) is 12.8 Å². The summed E-state index contributed by atoms with van der Waals surface area (Å²) in [6.07, 6.45) is 13.8. The van der Waals surface area contributed by atoms with Crippen molar-refractivity contribution >= 4 is 35.8 Å². The zero-order chi connectivity index (χ0) is 30.8. The van der Waals surface area contributed by atoms with E-state index in [2.05, 4.69) is 23.3 Å². The summed E-state index contributed by atoms with van der Waals surface area (Å²) in [5, 5.41) is 20.5. The van der Waals surface area contributed by atoms with Gasteiger partial charge in [0.1, 0.15) is 12.1 Å². The fourth-order valence-corrected chi connectivity index (χ4v) is 3.46. The summed E-state index contributed by atoms with van der Waals surface area (Å²) in [5.74, 6) is -6.23. The van der Waals surface area contributed by atoms with Crippen LogP contribution in [-0.2, 0) is 38.2 Å². The molecule has 0 fully saturated rings. The Morgan fingerprint density at radius 1 is 0.524 bits per heavy atom. The monoisotopic (exact) mass is 650 g/mol. The van der Waals surface area contributed by atoms with Gasteiger partial charge in [-0.25, -0.2) is 9.59 Å². The number of hydrogen-bond donors (Lipinski definition) is 2. The number of aliphatic carboxylic acids is 2. The second-order valence-corrected chi connectivity index (χ2v) is 9.69. The fraction of sp³-hybridized carbons (Fsp3) is 0.786. The molecule has 0 saturated heterocycles. The Morgan fingerprint density at radius 3 is 1.05 bits per heavy atom. The minimum absolute atomic E-state index is 0. The summed E-state index contributed by atoms with van der Waals surface area (Å²) in [4.78, 5) is 65.6. The molecule has 0 radical (unpaired) electrons. The van der Waals surface area contributed by atoms with Gasteiger partial charge in [-0.3, -0.25) is 9.59 Å². The molecule has 14 heteroatoms. The Hall–Kier alpha value is 0.413. The first kappa shape index (κ1) is 49.3. The zero-order valence-electron chi connectivity index (χ0n) is 26.1. The van der Waals surface area contributed by atoms with Gasteiger partial charge < -0.3 is 40.7 Å². The van der Waals surface area contributed by atoms with Gasteiger partial charge in [-0.2, -0.15) is 0 Å². The van der Waals surface area contributed by atoms with Gasteiger partial charge in [0.05, 0.1) is 0 Å². The van der Waals surface area contributed by atoms with Crippen molar-refractivity contribution in [1.29, 1.82) is 0 Å². The smallest absolute Gasteiger partial charge is 0.550 e. The summed E-state index contributed by atoms with van der Waals surface area (Å²) in [7, 11) is 0.